The maximum atomic E-state index is 14.6. The van der Waals surface area contributed by atoms with Crippen molar-refractivity contribution >= 4 is 69.7 Å². The Morgan fingerprint density at radius 2 is 1.14 bits per heavy atom. The lowest BCUT2D eigenvalue weighted by molar-refractivity contribution is -0.131. The quantitative estimate of drug-likeness (QED) is 0.168. The Morgan fingerprint density at radius 1 is 0.627 bits per heavy atom. The first-order valence-electron chi connectivity index (χ1n) is 16.8. The highest BCUT2D eigenvalue weighted by Gasteiger charge is 2.55. The summed E-state index contributed by atoms with van der Waals surface area (Å²) in [5.74, 6) is -2.58. The van der Waals surface area contributed by atoms with E-state index in [4.69, 9.17) is 9.98 Å². The molecule has 10 heteroatoms. The van der Waals surface area contributed by atoms with E-state index in [1.807, 2.05) is 116 Å². The van der Waals surface area contributed by atoms with Crippen molar-refractivity contribution in [1.29, 1.82) is 0 Å². The monoisotopic (exact) mass is 668 g/mol. The van der Waals surface area contributed by atoms with Crippen LogP contribution in [0.2, 0.25) is 0 Å². The van der Waals surface area contributed by atoms with Crippen LogP contribution in [0.5, 0.6) is 0 Å². The normalized spacial score (nSPS) is 21.1. The lowest BCUT2D eigenvalue weighted by atomic mass is 9.89. The molecule has 5 heterocycles. The predicted molar refractivity (Wildman–Crippen MR) is 194 cm³/mol. The summed E-state index contributed by atoms with van der Waals surface area (Å²) in [6.45, 7) is 1.83. The number of hydrogen-bond acceptors (Lipinski definition) is 6. The van der Waals surface area contributed by atoms with Crippen molar-refractivity contribution in [2.24, 2.45) is 9.98 Å². The number of para-hydroxylation sites is 6. The largest absolute Gasteiger partial charge is 0.287 e. The van der Waals surface area contributed by atoms with Crippen molar-refractivity contribution in [3.63, 3.8) is 0 Å². The van der Waals surface area contributed by atoms with Gasteiger partial charge in [0.1, 0.15) is 5.92 Å². The van der Waals surface area contributed by atoms with E-state index in [0.717, 1.165) is 23.2 Å². The number of rotatable bonds is 4. The van der Waals surface area contributed by atoms with Crippen LogP contribution in [0.3, 0.4) is 0 Å². The molecule has 5 aliphatic rings. The number of carbonyl (C=O) groups excluding carboxylic acids is 4. The minimum atomic E-state index is -1.09. The van der Waals surface area contributed by atoms with E-state index in [9.17, 15) is 19.2 Å². The Morgan fingerprint density at radius 3 is 1.80 bits per heavy atom. The van der Waals surface area contributed by atoms with Gasteiger partial charge in [-0.2, -0.15) is 0 Å². The number of benzene rings is 5. The highest BCUT2D eigenvalue weighted by atomic mass is 16.2. The van der Waals surface area contributed by atoms with Crippen molar-refractivity contribution in [3.05, 3.63) is 144 Å². The summed E-state index contributed by atoms with van der Waals surface area (Å²) in [4.78, 5) is 72.3. The van der Waals surface area contributed by atoms with Crippen LogP contribution in [0.15, 0.2) is 131 Å². The number of carbonyl (C=O) groups is 4. The van der Waals surface area contributed by atoms with Crippen LogP contribution in [0, 0.1) is 0 Å². The summed E-state index contributed by atoms with van der Waals surface area (Å²) >= 11 is 0. The fourth-order valence-electron chi connectivity index (χ4n) is 8.21. The van der Waals surface area contributed by atoms with Gasteiger partial charge >= 0.3 is 0 Å². The van der Waals surface area contributed by atoms with Gasteiger partial charge in [0.05, 0.1) is 51.5 Å². The maximum Gasteiger partial charge on any atom is 0.246 e. The predicted octanol–water partition coefficient (Wildman–Crippen LogP) is 6.20. The van der Waals surface area contributed by atoms with Crippen LogP contribution < -0.4 is 19.6 Å². The first kappa shape index (κ1) is 29.3. The third-order valence-corrected chi connectivity index (χ3v) is 10.6. The molecule has 51 heavy (non-hydrogen) atoms. The highest BCUT2D eigenvalue weighted by molar-refractivity contribution is 6.33. The molecular weight excluding hydrogens is 640 g/mol. The molecule has 10 nitrogen and oxygen atoms in total. The number of fused-ring (bicyclic) bond motifs is 9. The molecule has 0 N–H and O–H groups in total. The van der Waals surface area contributed by atoms with Crippen molar-refractivity contribution in [2.45, 2.75) is 31.1 Å². The van der Waals surface area contributed by atoms with E-state index in [1.54, 1.807) is 31.7 Å². The lowest BCUT2D eigenvalue weighted by Crippen LogP contribution is -2.64. The smallest absolute Gasteiger partial charge is 0.246 e. The van der Waals surface area contributed by atoms with Crippen LogP contribution in [0.1, 0.15) is 41.0 Å². The molecule has 0 aromatic heterocycles. The summed E-state index contributed by atoms with van der Waals surface area (Å²) in [7, 11) is 0. The van der Waals surface area contributed by atoms with Gasteiger partial charge in [-0.15, -0.1) is 0 Å². The molecule has 5 aliphatic heterocycles. The van der Waals surface area contributed by atoms with Gasteiger partial charge in [0.15, 0.2) is 12.3 Å². The van der Waals surface area contributed by atoms with E-state index in [0.29, 0.717) is 51.0 Å². The maximum absolute atomic E-state index is 14.6. The standard InChI is InChI=1S/C41H28N6O4/c1-23(39(49)46-32-16-8-4-12-28(32)42-35-26-10-2-6-14-30(26)44(22-48)37(35)46)24-18-20-25(21-19-24)34-40(50)45-31-15-7-3-11-27(31)36-38(45)47(41(34)51)33-17-9-5-13-29(33)43-36/h2-23,34,37-38H,1H3. The molecule has 1 saturated heterocycles. The fourth-order valence-corrected chi connectivity index (χ4v) is 8.21. The molecule has 0 saturated carbocycles. The van der Waals surface area contributed by atoms with Gasteiger partial charge in [-0.25, -0.2) is 9.98 Å². The molecule has 4 unspecified atom stereocenters. The van der Waals surface area contributed by atoms with Gasteiger partial charge in [-0.3, -0.25) is 38.8 Å². The third-order valence-electron chi connectivity index (χ3n) is 10.6. The second-order valence-electron chi connectivity index (χ2n) is 13.2. The molecule has 0 bridgehead atoms. The Labute approximate surface area is 292 Å². The lowest BCUT2D eigenvalue weighted by Gasteiger charge is -2.44. The Balaban J connectivity index is 1.00. The molecular formula is C41H28N6O4. The Kier molecular flexibility index (Phi) is 6.11. The number of nitrogens with zero attached hydrogens (tertiary/aromatic N) is 6. The zero-order valence-electron chi connectivity index (χ0n) is 27.3. The second-order valence-corrected chi connectivity index (χ2v) is 13.2. The van der Waals surface area contributed by atoms with Crippen molar-refractivity contribution in [1.82, 2.24) is 0 Å². The van der Waals surface area contributed by atoms with Gasteiger partial charge < -0.3 is 0 Å². The zero-order valence-corrected chi connectivity index (χ0v) is 27.3. The number of hydrogen-bond donors (Lipinski definition) is 0. The molecule has 246 valence electrons. The van der Waals surface area contributed by atoms with Crippen LogP contribution in [-0.4, -0.2) is 47.9 Å². The van der Waals surface area contributed by atoms with E-state index >= 15 is 0 Å². The average molecular weight is 669 g/mol. The van der Waals surface area contributed by atoms with Gasteiger partial charge in [-0.1, -0.05) is 84.9 Å². The van der Waals surface area contributed by atoms with Crippen LogP contribution >= 0.6 is 0 Å². The van der Waals surface area contributed by atoms with Gasteiger partial charge in [0.25, 0.3) is 0 Å². The molecule has 1 fully saturated rings. The van der Waals surface area contributed by atoms with E-state index in [1.165, 1.54) is 0 Å². The Hall–Kier alpha value is -6.68. The molecule has 5 aromatic carbocycles. The minimum Gasteiger partial charge on any atom is -0.287 e. The van der Waals surface area contributed by atoms with Gasteiger partial charge in [0.2, 0.25) is 24.1 Å². The summed E-state index contributed by atoms with van der Waals surface area (Å²) in [5, 5.41) is 0. The van der Waals surface area contributed by atoms with E-state index < -0.39 is 24.2 Å². The minimum absolute atomic E-state index is 0.217. The Bertz CT molecular complexity index is 2430. The van der Waals surface area contributed by atoms with E-state index in [2.05, 4.69) is 0 Å². The SMILES string of the molecule is CC(C(=O)N1c2ccccc2N=C2c3ccccc3N(C=O)C21)c1ccc(C2C(=O)N3c4ccccc4N=C4c5ccccc5N(C2=O)C43)cc1. The van der Waals surface area contributed by atoms with Crippen molar-refractivity contribution in [3.8, 4) is 0 Å². The van der Waals surface area contributed by atoms with E-state index in [-0.39, 0.29) is 17.7 Å². The fraction of sp³-hybridized carbons (Fsp3) is 0.122. The molecule has 0 radical (unpaired) electrons. The zero-order chi connectivity index (χ0) is 34.5. The number of amides is 4. The number of anilines is 4. The average Bonchev–Trinajstić information content (AvgIpc) is 3.67. The molecule has 5 aromatic rings. The number of aliphatic imine (C=N–C) groups is 2. The van der Waals surface area contributed by atoms with Crippen LogP contribution in [0.25, 0.3) is 0 Å². The van der Waals surface area contributed by atoms with Gasteiger partial charge in [0, 0.05) is 11.1 Å². The topological polar surface area (TPSA) is 106 Å². The molecule has 4 amide bonds. The summed E-state index contributed by atoms with van der Waals surface area (Å²) in [5.41, 5.74) is 8.20. The second kappa shape index (κ2) is 10.7. The van der Waals surface area contributed by atoms with Crippen LogP contribution in [-0.2, 0) is 19.2 Å². The van der Waals surface area contributed by atoms with Crippen molar-refractivity contribution < 1.29 is 19.2 Å². The first-order valence-corrected chi connectivity index (χ1v) is 16.8. The molecule has 4 atom stereocenters. The highest BCUT2D eigenvalue weighted by Crippen LogP contribution is 2.49. The summed E-state index contributed by atoms with van der Waals surface area (Å²) < 4.78 is 0. The first-order chi connectivity index (χ1) is 25.0. The molecule has 0 spiro atoms. The molecule has 0 aliphatic carbocycles. The van der Waals surface area contributed by atoms with Crippen molar-refractivity contribution in [2.75, 3.05) is 19.6 Å². The third kappa shape index (κ3) is 3.92. The summed E-state index contributed by atoms with van der Waals surface area (Å²) in [6, 6.07) is 37.2. The summed E-state index contributed by atoms with van der Waals surface area (Å²) in [6.07, 6.45) is -0.644. The van der Waals surface area contributed by atoms with Gasteiger partial charge in [-0.05, 0) is 54.4 Å². The molecule has 10 rings (SSSR count). The van der Waals surface area contributed by atoms with Crippen LogP contribution in [0.4, 0.5) is 34.1 Å².